The van der Waals surface area contributed by atoms with Crippen molar-refractivity contribution in [2.75, 3.05) is 23.9 Å². The monoisotopic (exact) mass is 540 g/mol. The number of fused-ring (bicyclic) bond motifs is 3. The van der Waals surface area contributed by atoms with Crippen LogP contribution >= 0.6 is 0 Å². The summed E-state index contributed by atoms with van der Waals surface area (Å²) < 4.78 is 36.8. The number of nitriles is 1. The van der Waals surface area contributed by atoms with Crippen molar-refractivity contribution in [3.8, 4) is 11.8 Å². The lowest BCUT2D eigenvalue weighted by Crippen LogP contribution is -2.66. The van der Waals surface area contributed by atoms with Gasteiger partial charge in [-0.1, -0.05) is 42.5 Å². The zero-order valence-electron chi connectivity index (χ0n) is 21.1. The van der Waals surface area contributed by atoms with E-state index in [1.54, 1.807) is 23.1 Å². The number of nitrogens with zero attached hydrogens (tertiary/aromatic N) is 4. The van der Waals surface area contributed by atoms with Crippen LogP contribution in [0.15, 0.2) is 79.0 Å². The largest absolute Gasteiger partial charge is 0.495 e. The molecule has 2 amide bonds. The molecule has 1 fully saturated rings. The first-order chi connectivity index (χ1) is 19.3. The summed E-state index contributed by atoms with van der Waals surface area (Å²) in [6, 6.07) is 19.3. The second-order valence-electron chi connectivity index (χ2n) is 9.42. The minimum absolute atomic E-state index is 0.122. The Labute approximate surface area is 227 Å². The van der Waals surface area contributed by atoms with Crippen molar-refractivity contribution < 1.29 is 23.1 Å². The van der Waals surface area contributed by atoms with E-state index in [1.807, 2.05) is 6.07 Å². The fourth-order valence-corrected chi connectivity index (χ4v) is 5.04. The summed E-state index contributed by atoms with van der Waals surface area (Å²) in [4.78, 5) is 28.3. The summed E-state index contributed by atoms with van der Waals surface area (Å²) in [6.07, 6.45) is 1.04. The molecule has 0 aliphatic carbocycles. The zero-order valence-corrected chi connectivity index (χ0v) is 21.1. The maximum absolute atomic E-state index is 15.1. The Morgan fingerprint density at radius 3 is 2.50 bits per heavy atom. The van der Waals surface area contributed by atoms with E-state index in [4.69, 9.17) is 4.74 Å². The minimum atomic E-state index is -3.20. The fraction of sp³-hybridized carbons (Fsp3) is 0.172. The molecule has 11 heteroatoms. The standard InChI is InChI=1S/C29H22F2N6O3/c1-40-24-12-7-17(13-18(24)14-32)27(38)35-22-15-34-37-25(22)28(39)36(23-16-33-26(23)37)21-10-8-20(9-11-21)29(30,31)19-5-3-2-4-6-19/h2-13,15,23,26,33H,16H2,1H3,(H,35,38). The molecule has 2 unspecified atom stereocenters. The predicted octanol–water partition coefficient (Wildman–Crippen LogP) is 4.29. The molecule has 1 saturated heterocycles. The number of anilines is 2. The van der Waals surface area contributed by atoms with Gasteiger partial charge in [-0.15, -0.1) is 0 Å². The number of ether oxygens (including phenoxy) is 1. The summed E-state index contributed by atoms with van der Waals surface area (Å²) in [6.45, 7) is 0.488. The molecule has 40 heavy (non-hydrogen) atoms. The first kappa shape index (κ1) is 25.2. The average molecular weight is 541 g/mol. The molecule has 3 heterocycles. The van der Waals surface area contributed by atoms with Crippen LogP contribution in [0, 0.1) is 11.3 Å². The number of hydrogen-bond acceptors (Lipinski definition) is 6. The summed E-state index contributed by atoms with van der Waals surface area (Å²) >= 11 is 0. The van der Waals surface area contributed by atoms with E-state index < -0.39 is 17.7 Å². The van der Waals surface area contributed by atoms with Crippen molar-refractivity contribution in [2.45, 2.75) is 18.1 Å². The van der Waals surface area contributed by atoms with E-state index in [2.05, 4.69) is 15.7 Å². The van der Waals surface area contributed by atoms with Gasteiger partial charge in [0.2, 0.25) is 0 Å². The Hall–Kier alpha value is -5.08. The number of nitrogens with one attached hydrogen (secondary N) is 2. The highest BCUT2D eigenvalue weighted by Gasteiger charge is 2.48. The highest BCUT2D eigenvalue weighted by atomic mass is 19.3. The van der Waals surface area contributed by atoms with Crippen molar-refractivity contribution in [3.63, 3.8) is 0 Å². The first-order valence-corrected chi connectivity index (χ1v) is 12.4. The Morgan fingerprint density at radius 1 is 1.12 bits per heavy atom. The first-order valence-electron chi connectivity index (χ1n) is 12.4. The summed E-state index contributed by atoms with van der Waals surface area (Å²) in [5.74, 6) is -3.83. The molecule has 2 aliphatic heterocycles. The Morgan fingerprint density at radius 2 is 1.85 bits per heavy atom. The number of hydrogen-bond donors (Lipinski definition) is 2. The molecular formula is C29H22F2N6O3. The summed E-state index contributed by atoms with van der Waals surface area (Å²) in [7, 11) is 1.43. The maximum atomic E-state index is 15.1. The molecule has 0 radical (unpaired) electrons. The Kier molecular flexibility index (Phi) is 6.04. The van der Waals surface area contributed by atoms with Crippen LogP contribution in [0.2, 0.25) is 0 Å². The van der Waals surface area contributed by atoms with Crippen LogP contribution in [-0.4, -0.2) is 41.3 Å². The van der Waals surface area contributed by atoms with Crippen molar-refractivity contribution >= 4 is 23.2 Å². The Balaban J connectivity index is 1.29. The van der Waals surface area contributed by atoms with E-state index in [0.29, 0.717) is 18.0 Å². The third-order valence-electron chi connectivity index (χ3n) is 7.19. The van der Waals surface area contributed by atoms with E-state index in [0.717, 1.165) is 0 Å². The topological polar surface area (TPSA) is 112 Å². The fourth-order valence-electron chi connectivity index (χ4n) is 5.04. The average Bonchev–Trinajstić information content (AvgIpc) is 3.37. The van der Waals surface area contributed by atoms with Gasteiger partial charge in [-0.2, -0.15) is 19.1 Å². The number of alkyl halides is 2. The third-order valence-corrected chi connectivity index (χ3v) is 7.19. The van der Waals surface area contributed by atoms with Crippen LogP contribution in [0.3, 0.4) is 0 Å². The van der Waals surface area contributed by atoms with Gasteiger partial charge < -0.3 is 10.1 Å². The van der Waals surface area contributed by atoms with Crippen LogP contribution in [-0.2, 0) is 5.92 Å². The number of methoxy groups -OCH3 is 1. The number of amides is 2. The molecule has 2 aliphatic rings. The van der Waals surface area contributed by atoms with Gasteiger partial charge in [0.25, 0.3) is 17.7 Å². The van der Waals surface area contributed by atoms with Crippen molar-refractivity contribution in [3.05, 3.63) is 107 Å². The van der Waals surface area contributed by atoms with E-state index in [-0.39, 0.29) is 45.8 Å². The molecule has 9 nitrogen and oxygen atoms in total. The highest BCUT2D eigenvalue weighted by Crippen LogP contribution is 2.39. The van der Waals surface area contributed by atoms with Crippen molar-refractivity contribution in [1.82, 2.24) is 15.1 Å². The summed E-state index contributed by atoms with van der Waals surface area (Å²) in [5.41, 5.74) is 0.868. The van der Waals surface area contributed by atoms with Crippen molar-refractivity contribution in [2.24, 2.45) is 0 Å². The van der Waals surface area contributed by atoms with Gasteiger partial charge in [0.1, 0.15) is 18.0 Å². The second kappa shape index (κ2) is 9.59. The molecule has 1 aromatic heterocycles. The van der Waals surface area contributed by atoms with E-state index >= 15 is 8.78 Å². The van der Waals surface area contributed by atoms with Crippen LogP contribution < -0.4 is 20.3 Å². The molecular weight excluding hydrogens is 518 g/mol. The van der Waals surface area contributed by atoms with Crippen LogP contribution in [0.1, 0.15) is 43.7 Å². The molecule has 4 aromatic rings. The molecule has 3 aromatic carbocycles. The van der Waals surface area contributed by atoms with Gasteiger partial charge in [-0.3, -0.25) is 19.8 Å². The van der Waals surface area contributed by atoms with Gasteiger partial charge in [0.05, 0.1) is 30.6 Å². The second-order valence-corrected chi connectivity index (χ2v) is 9.42. The number of rotatable bonds is 6. The predicted molar refractivity (Wildman–Crippen MR) is 141 cm³/mol. The van der Waals surface area contributed by atoms with Gasteiger partial charge in [0.15, 0.2) is 5.69 Å². The smallest absolute Gasteiger partial charge is 0.298 e. The quantitative estimate of drug-likeness (QED) is 0.378. The van der Waals surface area contributed by atoms with E-state index in [1.165, 1.54) is 72.6 Å². The minimum Gasteiger partial charge on any atom is -0.495 e. The number of carbonyl (C=O) groups excluding carboxylic acids is 2. The van der Waals surface area contributed by atoms with Gasteiger partial charge in [-0.25, -0.2) is 4.68 Å². The van der Waals surface area contributed by atoms with Gasteiger partial charge in [-0.05, 0) is 30.3 Å². The zero-order chi connectivity index (χ0) is 28.0. The normalized spacial score (nSPS) is 17.8. The molecule has 200 valence electrons. The number of carbonyl (C=O) groups is 2. The molecule has 0 spiro atoms. The van der Waals surface area contributed by atoms with E-state index in [9.17, 15) is 14.9 Å². The van der Waals surface area contributed by atoms with Crippen LogP contribution in [0.5, 0.6) is 5.75 Å². The lowest BCUT2D eigenvalue weighted by molar-refractivity contribution is 0.0428. The highest BCUT2D eigenvalue weighted by molar-refractivity contribution is 6.13. The maximum Gasteiger partial charge on any atom is 0.298 e. The van der Waals surface area contributed by atoms with Gasteiger partial charge >= 0.3 is 0 Å². The molecule has 0 bridgehead atoms. The number of aromatic nitrogens is 2. The number of halogens is 2. The third kappa shape index (κ3) is 3.97. The van der Waals surface area contributed by atoms with Gasteiger partial charge in [0, 0.05) is 28.9 Å². The Bertz CT molecular complexity index is 1660. The van der Waals surface area contributed by atoms with Crippen LogP contribution in [0.25, 0.3) is 0 Å². The molecule has 2 N–H and O–H groups in total. The molecule has 6 rings (SSSR count). The van der Waals surface area contributed by atoms with Crippen molar-refractivity contribution in [1.29, 1.82) is 5.26 Å². The lowest BCUT2D eigenvalue weighted by Gasteiger charge is -2.48. The molecule has 0 saturated carbocycles. The molecule has 2 atom stereocenters. The summed E-state index contributed by atoms with van der Waals surface area (Å²) in [5, 5.41) is 19.6. The lowest BCUT2D eigenvalue weighted by atomic mass is 9.97. The SMILES string of the molecule is COc1ccc(C(=O)Nc2cnn3c2C(=O)N(c2ccc(C(F)(F)c4ccccc4)cc2)C2CNC23)cc1C#N. The number of benzene rings is 3. The van der Waals surface area contributed by atoms with Crippen LogP contribution in [0.4, 0.5) is 20.2 Å².